The van der Waals surface area contributed by atoms with E-state index in [4.69, 9.17) is 20.5 Å². The van der Waals surface area contributed by atoms with Gasteiger partial charge in [-0.2, -0.15) is 4.98 Å². The van der Waals surface area contributed by atoms with E-state index in [1.165, 1.54) is 0 Å². The highest BCUT2D eigenvalue weighted by atomic mass is 35.5. The van der Waals surface area contributed by atoms with Crippen molar-refractivity contribution in [2.45, 2.75) is 33.4 Å². The smallest absolute Gasteiger partial charge is 0.228 e. The maximum atomic E-state index is 6.21. The van der Waals surface area contributed by atoms with E-state index in [0.29, 0.717) is 35.7 Å². The van der Waals surface area contributed by atoms with Crippen molar-refractivity contribution in [3.63, 3.8) is 0 Å². The van der Waals surface area contributed by atoms with Gasteiger partial charge in [-0.25, -0.2) is 4.98 Å². The van der Waals surface area contributed by atoms with Crippen LogP contribution in [0.2, 0.25) is 5.02 Å². The molecule has 24 heavy (non-hydrogen) atoms. The molecule has 126 valence electrons. The molecule has 0 aliphatic rings. The van der Waals surface area contributed by atoms with Crippen LogP contribution in [0.25, 0.3) is 11.5 Å². The van der Waals surface area contributed by atoms with Crippen LogP contribution < -0.4 is 0 Å². The summed E-state index contributed by atoms with van der Waals surface area (Å²) in [7, 11) is 1.98. The Kier molecular flexibility index (Phi) is 4.97. The molecule has 0 aliphatic carbocycles. The number of aryl methyl sites for hydroxylation is 2. The van der Waals surface area contributed by atoms with Crippen LogP contribution in [0.3, 0.4) is 0 Å². The third kappa shape index (κ3) is 3.66. The normalized spacial score (nSPS) is 11.4. The van der Waals surface area contributed by atoms with E-state index in [9.17, 15) is 0 Å². The molecule has 0 spiro atoms. The highest BCUT2D eigenvalue weighted by Crippen LogP contribution is 2.28. The minimum atomic E-state index is 0.536. The minimum absolute atomic E-state index is 0.536. The highest BCUT2D eigenvalue weighted by Gasteiger charge is 2.16. The quantitative estimate of drug-likeness (QED) is 0.674. The molecular formula is C17H19ClN4O2. The Balaban J connectivity index is 1.72. The summed E-state index contributed by atoms with van der Waals surface area (Å²) in [5.74, 6) is 2.63. The van der Waals surface area contributed by atoms with Crippen LogP contribution in [0.5, 0.6) is 0 Å². The summed E-state index contributed by atoms with van der Waals surface area (Å²) in [6.45, 7) is 5.09. The first-order valence-corrected chi connectivity index (χ1v) is 8.15. The summed E-state index contributed by atoms with van der Waals surface area (Å²) >= 11 is 6.21. The monoisotopic (exact) mass is 346 g/mol. The summed E-state index contributed by atoms with van der Waals surface area (Å²) in [6, 6.07) is 7.51. The molecule has 0 radical (unpaired) electrons. The van der Waals surface area contributed by atoms with Crippen molar-refractivity contribution < 1.29 is 8.94 Å². The maximum absolute atomic E-state index is 6.21. The molecule has 0 saturated heterocycles. The van der Waals surface area contributed by atoms with Crippen molar-refractivity contribution in [2.75, 3.05) is 7.05 Å². The van der Waals surface area contributed by atoms with Gasteiger partial charge in [0.25, 0.3) is 0 Å². The molecule has 2 heterocycles. The van der Waals surface area contributed by atoms with Gasteiger partial charge in [-0.3, -0.25) is 4.90 Å². The van der Waals surface area contributed by atoms with Crippen LogP contribution in [0.4, 0.5) is 0 Å². The van der Waals surface area contributed by atoms with E-state index in [1.807, 2.05) is 45.2 Å². The number of hydrogen-bond acceptors (Lipinski definition) is 6. The van der Waals surface area contributed by atoms with Crippen molar-refractivity contribution in [1.29, 1.82) is 0 Å². The Morgan fingerprint density at radius 2 is 1.96 bits per heavy atom. The predicted octanol–water partition coefficient (Wildman–Crippen LogP) is 3.88. The maximum Gasteiger partial charge on any atom is 0.228 e. The molecule has 0 fully saturated rings. The molecule has 2 aromatic heterocycles. The molecule has 6 nitrogen and oxygen atoms in total. The lowest BCUT2D eigenvalue weighted by Crippen LogP contribution is -2.18. The fourth-order valence-electron chi connectivity index (χ4n) is 2.38. The van der Waals surface area contributed by atoms with Gasteiger partial charge in [0.2, 0.25) is 11.8 Å². The number of nitrogens with zero attached hydrogens (tertiary/aromatic N) is 4. The first-order valence-electron chi connectivity index (χ1n) is 7.78. The van der Waals surface area contributed by atoms with Crippen molar-refractivity contribution in [3.05, 3.63) is 52.5 Å². The number of benzene rings is 1. The number of halogens is 1. The van der Waals surface area contributed by atoms with Gasteiger partial charge in [0.05, 0.1) is 22.8 Å². The summed E-state index contributed by atoms with van der Waals surface area (Å²) in [5.41, 5.74) is 1.66. The predicted molar refractivity (Wildman–Crippen MR) is 90.5 cm³/mol. The van der Waals surface area contributed by atoms with E-state index in [2.05, 4.69) is 20.0 Å². The topological polar surface area (TPSA) is 68.2 Å². The Morgan fingerprint density at radius 3 is 2.67 bits per heavy atom. The Labute approximate surface area is 145 Å². The average Bonchev–Trinajstić information content (AvgIpc) is 3.15. The molecule has 0 N–H and O–H groups in total. The Bertz CT molecular complexity index is 828. The molecule has 3 aromatic rings. The summed E-state index contributed by atoms with van der Waals surface area (Å²) in [4.78, 5) is 11.0. The lowest BCUT2D eigenvalue weighted by atomic mass is 10.2. The zero-order chi connectivity index (χ0) is 17.1. The van der Waals surface area contributed by atoms with Gasteiger partial charge in [-0.1, -0.05) is 35.8 Å². The largest absolute Gasteiger partial charge is 0.441 e. The fraction of sp³-hybridized carbons (Fsp3) is 0.353. The third-order valence-corrected chi connectivity index (χ3v) is 3.97. The third-order valence-electron chi connectivity index (χ3n) is 3.64. The molecule has 3 rings (SSSR count). The Hall–Kier alpha value is -2.18. The highest BCUT2D eigenvalue weighted by molar-refractivity contribution is 6.33. The van der Waals surface area contributed by atoms with E-state index >= 15 is 0 Å². The van der Waals surface area contributed by atoms with Crippen molar-refractivity contribution in [3.8, 4) is 11.5 Å². The van der Waals surface area contributed by atoms with Gasteiger partial charge in [0.15, 0.2) is 5.82 Å². The number of hydrogen-bond donors (Lipinski definition) is 0. The van der Waals surface area contributed by atoms with E-state index < -0.39 is 0 Å². The SMILES string of the molecule is CCc1nc(CN(C)Cc2nc(-c3ccccc3Cl)oc2C)no1. The van der Waals surface area contributed by atoms with E-state index in [1.54, 1.807) is 0 Å². The lowest BCUT2D eigenvalue weighted by Gasteiger charge is -2.12. The summed E-state index contributed by atoms with van der Waals surface area (Å²) in [5, 5.41) is 4.59. The molecule has 1 aromatic carbocycles. The molecule has 7 heteroatoms. The van der Waals surface area contributed by atoms with Crippen molar-refractivity contribution >= 4 is 11.6 Å². The van der Waals surface area contributed by atoms with Crippen LogP contribution in [0.15, 0.2) is 33.2 Å². The minimum Gasteiger partial charge on any atom is -0.441 e. The first kappa shape index (κ1) is 16.7. The standard InChI is InChI=1S/C17H19ClN4O2/c1-4-16-20-15(21-24-16)10-22(3)9-14-11(2)23-17(19-14)12-7-5-6-8-13(12)18/h5-8H,4,9-10H2,1-3H3. The number of oxazole rings is 1. The second kappa shape index (κ2) is 7.15. The molecule has 0 amide bonds. The van der Waals surface area contributed by atoms with Gasteiger partial charge in [0.1, 0.15) is 5.76 Å². The molecule has 0 saturated carbocycles. The Morgan fingerprint density at radius 1 is 1.17 bits per heavy atom. The lowest BCUT2D eigenvalue weighted by molar-refractivity contribution is 0.295. The fourth-order valence-corrected chi connectivity index (χ4v) is 2.59. The first-order chi connectivity index (χ1) is 11.6. The number of rotatable bonds is 6. The molecular weight excluding hydrogens is 328 g/mol. The second-order valence-corrected chi connectivity index (χ2v) is 6.04. The van der Waals surface area contributed by atoms with E-state index in [-0.39, 0.29) is 0 Å². The van der Waals surface area contributed by atoms with Gasteiger partial charge >= 0.3 is 0 Å². The van der Waals surface area contributed by atoms with Crippen LogP contribution in [0.1, 0.15) is 30.1 Å². The van der Waals surface area contributed by atoms with Gasteiger partial charge < -0.3 is 8.94 Å². The molecule has 0 aliphatic heterocycles. The van der Waals surface area contributed by atoms with Crippen molar-refractivity contribution in [2.24, 2.45) is 0 Å². The van der Waals surface area contributed by atoms with Gasteiger partial charge in [-0.05, 0) is 26.1 Å². The zero-order valence-electron chi connectivity index (χ0n) is 13.9. The van der Waals surface area contributed by atoms with Crippen LogP contribution in [-0.2, 0) is 19.5 Å². The number of aromatic nitrogens is 3. The molecule has 0 atom stereocenters. The van der Waals surface area contributed by atoms with Gasteiger partial charge in [-0.15, -0.1) is 0 Å². The molecule has 0 bridgehead atoms. The van der Waals surface area contributed by atoms with E-state index in [0.717, 1.165) is 23.4 Å². The average molecular weight is 347 g/mol. The van der Waals surface area contributed by atoms with Crippen LogP contribution in [-0.4, -0.2) is 27.1 Å². The summed E-state index contributed by atoms with van der Waals surface area (Å²) in [6.07, 6.45) is 0.736. The zero-order valence-corrected chi connectivity index (χ0v) is 14.7. The van der Waals surface area contributed by atoms with Crippen LogP contribution >= 0.6 is 11.6 Å². The van der Waals surface area contributed by atoms with Crippen LogP contribution in [0, 0.1) is 6.92 Å². The summed E-state index contributed by atoms with van der Waals surface area (Å²) < 4.78 is 10.9. The van der Waals surface area contributed by atoms with Gasteiger partial charge in [0, 0.05) is 13.0 Å². The molecule has 0 unspecified atom stereocenters. The second-order valence-electron chi connectivity index (χ2n) is 5.63. The van der Waals surface area contributed by atoms with Crippen molar-refractivity contribution in [1.82, 2.24) is 20.0 Å².